The molecule has 0 aromatic heterocycles. The first-order valence-electron chi connectivity index (χ1n) is 15.4. The van der Waals surface area contributed by atoms with Gasteiger partial charge in [-0.2, -0.15) is 0 Å². The highest BCUT2D eigenvalue weighted by molar-refractivity contribution is 6.26. The van der Waals surface area contributed by atoms with Gasteiger partial charge in [0, 0.05) is 5.56 Å². The zero-order chi connectivity index (χ0) is 29.2. The van der Waals surface area contributed by atoms with E-state index in [1.165, 1.54) is 71.0 Å². The Bertz CT molecular complexity index is 2320. The van der Waals surface area contributed by atoms with Gasteiger partial charge in [-0.3, -0.25) is 4.99 Å². The Morgan fingerprint density at radius 3 is 1.73 bits per heavy atom. The molecule has 44 heavy (non-hydrogen) atoms. The average Bonchev–Trinajstić information content (AvgIpc) is 3.42. The van der Waals surface area contributed by atoms with Crippen LogP contribution in [0.15, 0.2) is 157 Å². The molecule has 2 unspecified atom stereocenters. The monoisotopic (exact) mass is 562 g/mol. The minimum Gasteiger partial charge on any atom is -0.320 e. The van der Waals surface area contributed by atoms with Gasteiger partial charge in [0.1, 0.15) is 5.84 Å². The van der Waals surface area contributed by atoms with Gasteiger partial charge in [0.2, 0.25) is 0 Å². The topological polar surface area (TPSA) is 15.6 Å². The van der Waals surface area contributed by atoms with E-state index >= 15 is 0 Å². The van der Waals surface area contributed by atoms with Gasteiger partial charge < -0.3 is 4.90 Å². The molecule has 7 aromatic rings. The van der Waals surface area contributed by atoms with E-state index in [4.69, 9.17) is 4.99 Å². The van der Waals surface area contributed by atoms with E-state index in [9.17, 15) is 0 Å². The number of hydrogen-bond donors (Lipinski definition) is 0. The Morgan fingerprint density at radius 1 is 0.500 bits per heavy atom. The largest absolute Gasteiger partial charge is 0.320 e. The smallest absolute Gasteiger partial charge is 0.102 e. The molecule has 0 saturated heterocycles. The molecular formula is C42H30N2. The second-order valence-electron chi connectivity index (χ2n) is 11.8. The summed E-state index contributed by atoms with van der Waals surface area (Å²) in [4.78, 5) is 7.46. The van der Waals surface area contributed by atoms with Crippen LogP contribution in [0.2, 0.25) is 0 Å². The maximum Gasteiger partial charge on any atom is 0.102 e. The Hall–Kier alpha value is -5.47. The average molecular weight is 563 g/mol. The van der Waals surface area contributed by atoms with Gasteiger partial charge in [0.05, 0.1) is 17.8 Å². The summed E-state index contributed by atoms with van der Waals surface area (Å²) >= 11 is 0. The number of anilines is 1. The first-order valence-corrected chi connectivity index (χ1v) is 15.4. The molecule has 2 nitrogen and oxygen atoms in total. The lowest BCUT2D eigenvalue weighted by atomic mass is 9.83. The molecule has 0 N–H and O–H groups in total. The van der Waals surface area contributed by atoms with Crippen molar-refractivity contribution >= 4 is 54.6 Å². The quantitative estimate of drug-likeness (QED) is 0.154. The molecule has 7 aromatic carbocycles. The van der Waals surface area contributed by atoms with Crippen molar-refractivity contribution in [2.75, 3.05) is 4.90 Å². The number of benzene rings is 7. The molecule has 0 bridgehead atoms. The molecule has 0 amide bonds. The summed E-state index contributed by atoms with van der Waals surface area (Å²) in [5.74, 6) is 1.05. The van der Waals surface area contributed by atoms with E-state index < -0.39 is 0 Å². The Balaban J connectivity index is 1.39. The highest BCUT2D eigenvalue weighted by Crippen LogP contribution is 2.48. The van der Waals surface area contributed by atoms with Crippen LogP contribution in [0.1, 0.15) is 6.92 Å². The van der Waals surface area contributed by atoms with Gasteiger partial charge in [0.25, 0.3) is 0 Å². The Kier molecular flexibility index (Phi) is 5.58. The highest BCUT2D eigenvalue weighted by atomic mass is 15.3. The molecule has 1 aliphatic heterocycles. The lowest BCUT2D eigenvalue weighted by molar-refractivity contribution is 0.739. The van der Waals surface area contributed by atoms with E-state index in [1.54, 1.807) is 0 Å². The number of aliphatic imine (C=N–C) groups is 1. The number of para-hydroxylation sites is 1. The third-order valence-electron chi connectivity index (χ3n) is 9.46. The van der Waals surface area contributed by atoms with Gasteiger partial charge in [-0.1, -0.05) is 140 Å². The van der Waals surface area contributed by atoms with Gasteiger partial charge in [-0.05, 0) is 78.8 Å². The Labute approximate surface area is 256 Å². The van der Waals surface area contributed by atoms with Crippen LogP contribution >= 0.6 is 0 Å². The lowest BCUT2D eigenvalue weighted by Gasteiger charge is -2.30. The van der Waals surface area contributed by atoms with Gasteiger partial charge >= 0.3 is 0 Å². The molecule has 1 aliphatic carbocycles. The van der Waals surface area contributed by atoms with Crippen LogP contribution in [-0.2, 0) is 0 Å². The number of rotatable bonds is 3. The highest BCUT2D eigenvalue weighted by Gasteiger charge is 2.34. The minimum absolute atomic E-state index is 0.144. The zero-order valence-corrected chi connectivity index (χ0v) is 24.5. The van der Waals surface area contributed by atoms with Crippen molar-refractivity contribution in [1.29, 1.82) is 0 Å². The minimum atomic E-state index is 0.144. The van der Waals surface area contributed by atoms with Crippen LogP contribution in [0.4, 0.5) is 5.69 Å². The third kappa shape index (κ3) is 3.64. The Morgan fingerprint density at radius 2 is 1.02 bits per heavy atom. The van der Waals surface area contributed by atoms with Crippen LogP contribution in [-0.4, -0.2) is 17.9 Å². The summed E-state index contributed by atoms with van der Waals surface area (Å²) < 4.78 is 0. The molecule has 0 spiro atoms. The van der Waals surface area contributed by atoms with Gasteiger partial charge in [0.15, 0.2) is 0 Å². The molecular weight excluding hydrogens is 532 g/mol. The molecule has 0 saturated carbocycles. The predicted molar refractivity (Wildman–Crippen MR) is 189 cm³/mol. The second-order valence-corrected chi connectivity index (χ2v) is 11.8. The van der Waals surface area contributed by atoms with Gasteiger partial charge in [-0.15, -0.1) is 0 Å². The summed E-state index contributed by atoms with van der Waals surface area (Å²) in [6, 6.07) is 47.2. The van der Waals surface area contributed by atoms with Crippen molar-refractivity contribution in [2.45, 2.75) is 19.0 Å². The van der Waals surface area contributed by atoms with E-state index in [-0.39, 0.29) is 12.1 Å². The number of nitrogens with zero attached hydrogens (tertiary/aromatic N) is 2. The fourth-order valence-electron chi connectivity index (χ4n) is 7.64. The molecule has 2 heteroatoms. The molecule has 2 aliphatic rings. The molecule has 1 heterocycles. The predicted octanol–water partition coefficient (Wildman–Crippen LogP) is 10.7. The fourth-order valence-corrected chi connectivity index (χ4v) is 7.64. The summed E-state index contributed by atoms with van der Waals surface area (Å²) in [6.07, 6.45) is 8.76. The van der Waals surface area contributed by atoms with Crippen molar-refractivity contribution < 1.29 is 0 Å². The maximum absolute atomic E-state index is 5.04. The molecule has 2 atom stereocenters. The van der Waals surface area contributed by atoms with Crippen molar-refractivity contribution in [3.8, 4) is 22.3 Å². The fraction of sp³-hybridized carbons (Fsp3) is 0.0714. The van der Waals surface area contributed by atoms with E-state index in [0.717, 1.165) is 5.84 Å². The second kappa shape index (κ2) is 9.79. The summed E-state index contributed by atoms with van der Waals surface area (Å²) in [5, 5.41) is 10.2. The van der Waals surface area contributed by atoms with E-state index in [2.05, 4.69) is 164 Å². The summed E-state index contributed by atoms with van der Waals surface area (Å²) in [6.45, 7) is 2.14. The molecule has 0 radical (unpaired) electrons. The van der Waals surface area contributed by atoms with Crippen molar-refractivity contribution in [3.05, 3.63) is 152 Å². The van der Waals surface area contributed by atoms with E-state index in [1.807, 2.05) is 0 Å². The first kappa shape index (κ1) is 25.1. The number of hydrogen-bond acceptors (Lipinski definition) is 2. The van der Waals surface area contributed by atoms with Crippen LogP contribution < -0.4 is 4.90 Å². The lowest BCUT2D eigenvalue weighted by Crippen LogP contribution is -2.38. The van der Waals surface area contributed by atoms with Crippen molar-refractivity contribution in [3.63, 3.8) is 0 Å². The standard InChI is InChI=1S/C42H30N2/c1-27-43-38-23-11-13-25-40(38)44(27)39-24-12-10-22-36(39)41-32-18-6-8-20-34(32)42(35-21-9-7-19-33(35)41)37-26-28-14-2-3-15-29(28)30-16-4-5-17-31(30)37/h2-26,38,40H,1H3. The SMILES string of the molecule is CC1=NC2C=CC=CC2N1c1ccccc1-c1c2ccccc2c(-c2cc3ccccc3c3ccccc23)c2ccccc12. The molecule has 208 valence electrons. The van der Waals surface area contributed by atoms with Crippen LogP contribution in [0, 0.1) is 0 Å². The maximum atomic E-state index is 5.04. The molecule has 0 fully saturated rings. The van der Waals surface area contributed by atoms with Crippen LogP contribution in [0.25, 0.3) is 65.3 Å². The number of amidine groups is 1. The van der Waals surface area contributed by atoms with E-state index in [0.29, 0.717) is 0 Å². The first-order chi connectivity index (χ1) is 21.8. The third-order valence-corrected chi connectivity index (χ3v) is 9.46. The number of allylic oxidation sites excluding steroid dienone is 2. The van der Waals surface area contributed by atoms with Crippen molar-refractivity contribution in [2.24, 2.45) is 4.99 Å². The van der Waals surface area contributed by atoms with Crippen LogP contribution in [0.5, 0.6) is 0 Å². The zero-order valence-electron chi connectivity index (χ0n) is 24.5. The normalized spacial score (nSPS) is 17.6. The summed E-state index contributed by atoms with van der Waals surface area (Å²) in [7, 11) is 0. The number of fused-ring (bicyclic) bond motifs is 6. The van der Waals surface area contributed by atoms with Gasteiger partial charge in [-0.25, -0.2) is 0 Å². The van der Waals surface area contributed by atoms with Crippen molar-refractivity contribution in [1.82, 2.24) is 0 Å². The van der Waals surface area contributed by atoms with Crippen LogP contribution in [0.3, 0.4) is 0 Å². The molecule has 9 rings (SSSR count). The summed E-state index contributed by atoms with van der Waals surface area (Å²) in [5.41, 5.74) is 6.26.